The van der Waals surface area contributed by atoms with E-state index < -0.39 is 0 Å². The summed E-state index contributed by atoms with van der Waals surface area (Å²) >= 11 is 0. The second-order valence-corrected chi connectivity index (χ2v) is 4.94. The third-order valence-electron chi connectivity index (χ3n) is 4.06. The summed E-state index contributed by atoms with van der Waals surface area (Å²) in [5, 5.41) is 0. The predicted molar refractivity (Wildman–Crippen MR) is 57.8 cm³/mol. The summed E-state index contributed by atoms with van der Waals surface area (Å²) in [5.41, 5.74) is 10.6. The lowest BCUT2D eigenvalue weighted by atomic mass is 9.78. The van der Waals surface area contributed by atoms with Gasteiger partial charge in [-0.3, -0.25) is 10.9 Å². The molecule has 0 aromatic heterocycles. The molecule has 2 fully saturated rings. The van der Waals surface area contributed by atoms with Crippen LogP contribution in [0.15, 0.2) is 11.1 Å². The van der Waals surface area contributed by atoms with Crippen molar-refractivity contribution in [1.29, 1.82) is 0 Å². The molecule has 78 valence electrons. The predicted octanol–water partition coefficient (Wildman–Crippen LogP) is 2.28. The van der Waals surface area contributed by atoms with E-state index in [1.807, 2.05) is 0 Å². The molecule has 0 bridgehead atoms. The summed E-state index contributed by atoms with van der Waals surface area (Å²) in [6.07, 6.45) is 11.1. The van der Waals surface area contributed by atoms with Gasteiger partial charge in [0.25, 0.3) is 0 Å². The molecule has 0 spiro atoms. The molecule has 2 nitrogen and oxygen atoms in total. The van der Waals surface area contributed by atoms with Crippen LogP contribution in [0.3, 0.4) is 0 Å². The third-order valence-corrected chi connectivity index (χ3v) is 4.06. The van der Waals surface area contributed by atoms with Gasteiger partial charge in [-0.1, -0.05) is 24.0 Å². The first-order chi connectivity index (χ1) is 6.95. The van der Waals surface area contributed by atoms with Gasteiger partial charge in [0.05, 0.1) is 0 Å². The lowest BCUT2D eigenvalue weighted by Crippen LogP contribution is -2.54. The molecule has 0 radical (unpaired) electrons. The second-order valence-electron chi connectivity index (χ2n) is 4.94. The van der Waals surface area contributed by atoms with Crippen LogP contribution < -0.4 is 10.9 Å². The Balaban J connectivity index is 1.90. The van der Waals surface area contributed by atoms with E-state index >= 15 is 0 Å². The molecule has 2 saturated carbocycles. The summed E-state index contributed by atoms with van der Waals surface area (Å²) in [5.74, 6) is 0. The molecule has 2 unspecified atom stereocenters. The van der Waals surface area contributed by atoms with Crippen molar-refractivity contribution >= 4 is 0 Å². The number of hydrogen-bond donors (Lipinski definition) is 2. The first kappa shape index (κ1) is 8.93. The molecule has 14 heavy (non-hydrogen) atoms. The van der Waals surface area contributed by atoms with E-state index in [1.54, 1.807) is 11.1 Å². The second kappa shape index (κ2) is 3.67. The van der Waals surface area contributed by atoms with E-state index in [-0.39, 0.29) is 0 Å². The fourth-order valence-corrected chi connectivity index (χ4v) is 3.31. The molecule has 3 rings (SSSR count). The van der Waals surface area contributed by atoms with E-state index in [0.29, 0.717) is 12.1 Å². The standard InChI is InChI=1S/C12H20N2/c1-3-7-11-9(5-1)10-6-2-4-8-12(10)14-13-11/h11-14H,1-8H2. The topological polar surface area (TPSA) is 24.1 Å². The van der Waals surface area contributed by atoms with Crippen LogP contribution in [0.1, 0.15) is 51.4 Å². The Kier molecular flexibility index (Phi) is 2.34. The Morgan fingerprint density at radius 1 is 0.714 bits per heavy atom. The lowest BCUT2D eigenvalue weighted by molar-refractivity contribution is 0.304. The van der Waals surface area contributed by atoms with Crippen LogP contribution >= 0.6 is 0 Å². The van der Waals surface area contributed by atoms with Crippen LogP contribution in [0.5, 0.6) is 0 Å². The van der Waals surface area contributed by atoms with Crippen molar-refractivity contribution in [2.45, 2.75) is 63.5 Å². The van der Waals surface area contributed by atoms with Gasteiger partial charge in [0.15, 0.2) is 0 Å². The highest BCUT2D eigenvalue weighted by Gasteiger charge is 2.31. The van der Waals surface area contributed by atoms with Crippen LogP contribution in [0.25, 0.3) is 0 Å². The number of nitrogens with one attached hydrogen (secondary N) is 2. The molecule has 2 heteroatoms. The maximum absolute atomic E-state index is 3.51. The minimum atomic E-state index is 0.674. The van der Waals surface area contributed by atoms with E-state index in [2.05, 4.69) is 10.9 Å². The van der Waals surface area contributed by atoms with Gasteiger partial charge in [0.1, 0.15) is 0 Å². The van der Waals surface area contributed by atoms with E-state index in [0.717, 1.165) is 0 Å². The molecule has 2 aliphatic carbocycles. The first-order valence-corrected chi connectivity index (χ1v) is 6.18. The van der Waals surface area contributed by atoms with Crippen LogP contribution in [0.4, 0.5) is 0 Å². The molecule has 0 aromatic rings. The number of fused-ring (bicyclic) bond motifs is 2. The molecular weight excluding hydrogens is 172 g/mol. The van der Waals surface area contributed by atoms with Crippen molar-refractivity contribution in [2.75, 3.05) is 0 Å². The van der Waals surface area contributed by atoms with Gasteiger partial charge < -0.3 is 0 Å². The van der Waals surface area contributed by atoms with Crippen molar-refractivity contribution < 1.29 is 0 Å². The van der Waals surface area contributed by atoms with Gasteiger partial charge in [0, 0.05) is 12.1 Å². The van der Waals surface area contributed by atoms with Gasteiger partial charge in [0.2, 0.25) is 0 Å². The van der Waals surface area contributed by atoms with Gasteiger partial charge in [-0.2, -0.15) is 0 Å². The fourth-order valence-electron chi connectivity index (χ4n) is 3.31. The largest absolute Gasteiger partial charge is 0.250 e. The van der Waals surface area contributed by atoms with Crippen molar-refractivity contribution in [3.63, 3.8) is 0 Å². The first-order valence-electron chi connectivity index (χ1n) is 6.18. The van der Waals surface area contributed by atoms with Crippen molar-refractivity contribution in [2.24, 2.45) is 0 Å². The zero-order valence-corrected chi connectivity index (χ0v) is 8.81. The van der Waals surface area contributed by atoms with Gasteiger partial charge in [-0.05, 0) is 38.5 Å². The zero-order valence-electron chi connectivity index (χ0n) is 8.81. The lowest BCUT2D eigenvalue weighted by Gasteiger charge is -2.40. The van der Waals surface area contributed by atoms with Gasteiger partial charge in [-0.25, -0.2) is 0 Å². The monoisotopic (exact) mass is 192 g/mol. The zero-order chi connectivity index (χ0) is 9.38. The number of hydrogen-bond acceptors (Lipinski definition) is 2. The third kappa shape index (κ3) is 1.41. The van der Waals surface area contributed by atoms with Crippen molar-refractivity contribution in [1.82, 2.24) is 10.9 Å². The maximum atomic E-state index is 3.51. The summed E-state index contributed by atoms with van der Waals surface area (Å²) < 4.78 is 0. The number of rotatable bonds is 0. The van der Waals surface area contributed by atoms with Crippen LogP contribution in [0, 0.1) is 0 Å². The summed E-state index contributed by atoms with van der Waals surface area (Å²) in [6.45, 7) is 0. The minimum absolute atomic E-state index is 0.674. The molecule has 0 amide bonds. The average molecular weight is 192 g/mol. The smallest absolute Gasteiger partial charge is 0.0425 e. The minimum Gasteiger partial charge on any atom is -0.250 e. The summed E-state index contributed by atoms with van der Waals surface area (Å²) in [4.78, 5) is 0. The highest BCUT2D eigenvalue weighted by molar-refractivity contribution is 5.29. The Labute approximate surface area is 86.1 Å². The Morgan fingerprint density at radius 3 is 1.71 bits per heavy atom. The summed E-state index contributed by atoms with van der Waals surface area (Å²) in [7, 11) is 0. The number of hydrazine groups is 1. The molecule has 1 heterocycles. The van der Waals surface area contributed by atoms with E-state index in [1.165, 1.54) is 51.4 Å². The fraction of sp³-hybridized carbons (Fsp3) is 0.833. The van der Waals surface area contributed by atoms with E-state index in [9.17, 15) is 0 Å². The molecule has 3 aliphatic rings. The molecule has 2 N–H and O–H groups in total. The molecule has 2 atom stereocenters. The Morgan fingerprint density at radius 2 is 1.21 bits per heavy atom. The SMILES string of the molecule is C1CCC2NNC3CCCCC3=C2C1. The van der Waals surface area contributed by atoms with Crippen LogP contribution in [-0.2, 0) is 0 Å². The average Bonchev–Trinajstić information content (AvgIpc) is 2.29. The van der Waals surface area contributed by atoms with Gasteiger partial charge >= 0.3 is 0 Å². The molecule has 0 aromatic carbocycles. The molecule has 0 saturated heterocycles. The maximum Gasteiger partial charge on any atom is 0.0425 e. The molecule has 1 aliphatic heterocycles. The van der Waals surface area contributed by atoms with Crippen LogP contribution in [0.2, 0.25) is 0 Å². The highest BCUT2D eigenvalue weighted by Crippen LogP contribution is 2.35. The highest BCUT2D eigenvalue weighted by atomic mass is 15.4. The quantitative estimate of drug-likeness (QED) is 0.575. The van der Waals surface area contributed by atoms with E-state index in [4.69, 9.17) is 0 Å². The van der Waals surface area contributed by atoms with Crippen molar-refractivity contribution in [3.05, 3.63) is 11.1 Å². The summed E-state index contributed by atoms with van der Waals surface area (Å²) in [6, 6.07) is 1.35. The Bertz CT molecular complexity index is 231. The van der Waals surface area contributed by atoms with Crippen LogP contribution in [-0.4, -0.2) is 12.1 Å². The normalized spacial score (nSPS) is 37.7. The van der Waals surface area contributed by atoms with Crippen molar-refractivity contribution in [3.8, 4) is 0 Å². The Hall–Kier alpha value is -0.340. The van der Waals surface area contributed by atoms with Gasteiger partial charge in [-0.15, -0.1) is 0 Å². The molecular formula is C12H20N2.